The average molecular weight is 519 g/mol. The van der Waals surface area contributed by atoms with Crippen molar-refractivity contribution >= 4 is 28.3 Å². The number of thiol groups is 1. The maximum Gasteiger partial charge on any atom is 0.196 e. The topological polar surface area (TPSA) is 44.8 Å². The average Bonchev–Trinajstić information content (AvgIpc) is 2.92. The highest BCUT2D eigenvalue weighted by atomic mass is 35.5. The number of carbonyl (C=O) groups excluding carboxylic acids is 1. The van der Waals surface area contributed by atoms with Gasteiger partial charge in [-0.25, -0.2) is 0 Å². The summed E-state index contributed by atoms with van der Waals surface area (Å²) in [5, 5.41) is 0.444. The van der Waals surface area contributed by atoms with Gasteiger partial charge in [0.2, 0.25) is 0 Å². The summed E-state index contributed by atoms with van der Waals surface area (Å²) in [5.41, 5.74) is 3.07. The number of carbonyl (C=O) groups is 1. The van der Waals surface area contributed by atoms with Crippen molar-refractivity contribution in [3.8, 4) is 28.4 Å². The van der Waals surface area contributed by atoms with Crippen molar-refractivity contribution in [3.05, 3.63) is 95.0 Å². The third-order valence-electron chi connectivity index (χ3n) is 6.23. The van der Waals surface area contributed by atoms with Gasteiger partial charge in [-0.2, -0.15) is 10.9 Å². The third kappa shape index (κ3) is 4.12. The SMILES string of the molecule is CCCOc1ccc(Cl)c2c1[SH](c1ccc(OC)c(-c3ccccc3OC)c1)c1ccccc1C2=O. The van der Waals surface area contributed by atoms with Gasteiger partial charge in [-0.3, -0.25) is 4.79 Å². The Labute approximate surface area is 219 Å². The Balaban J connectivity index is 1.79. The smallest absolute Gasteiger partial charge is 0.196 e. The van der Waals surface area contributed by atoms with Crippen LogP contribution in [0.4, 0.5) is 0 Å². The van der Waals surface area contributed by atoms with E-state index in [4.69, 9.17) is 25.8 Å². The number of fused-ring (bicyclic) bond motifs is 2. The summed E-state index contributed by atoms with van der Waals surface area (Å²) in [7, 11) is 2.19. The van der Waals surface area contributed by atoms with Crippen LogP contribution in [0, 0.1) is 0 Å². The number of benzene rings is 4. The highest BCUT2D eigenvalue weighted by Gasteiger charge is 2.34. The lowest BCUT2D eigenvalue weighted by molar-refractivity contribution is 0.103. The fourth-order valence-electron chi connectivity index (χ4n) is 4.61. The van der Waals surface area contributed by atoms with E-state index in [1.54, 1.807) is 20.3 Å². The molecule has 0 N–H and O–H groups in total. The van der Waals surface area contributed by atoms with Crippen LogP contribution >= 0.6 is 22.5 Å². The van der Waals surface area contributed by atoms with Gasteiger partial charge in [0, 0.05) is 21.6 Å². The van der Waals surface area contributed by atoms with Crippen molar-refractivity contribution in [2.45, 2.75) is 28.0 Å². The first kappa shape index (κ1) is 24.3. The van der Waals surface area contributed by atoms with Crippen LogP contribution in [0.3, 0.4) is 0 Å². The molecular formula is C30H27ClO4S. The van der Waals surface area contributed by atoms with Crippen LogP contribution in [0.2, 0.25) is 5.02 Å². The van der Waals surface area contributed by atoms with E-state index in [9.17, 15) is 4.79 Å². The largest absolute Gasteiger partial charge is 0.496 e. The monoisotopic (exact) mass is 518 g/mol. The molecule has 0 bridgehead atoms. The Kier molecular flexibility index (Phi) is 6.95. The lowest BCUT2D eigenvalue weighted by Crippen LogP contribution is -2.15. The van der Waals surface area contributed by atoms with E-state index in [1.165, 1.54) is 0 Å². The number of hydrogen-bond donors (Lipinski definition) is 1. The molecule has 1 atom stereocenters. The molecule has 0 aromatic heterocycles. The molecule has 0 fully saturated rings. The lowest BCUT2D eigenvalue weighted by Gasteiger charge is -2.33. The van der Waals surface area contributed by atoms with Gasteiger partial charge < -0.3 is 14.2 Å². The Bertz CT molecular complexity index is 1450. The van der Waals surface area contributed by atoms with E-state index in [-0.39, 0.29) is 5.78 Å². The normalized spacial score (nSPS) is 15.1. The van der Waals surface area contributed by atoms with Crippen molar-refractivity contribution < 1.29 is 19.0 Å². The second kappa shape index (κ2) is 10.3. The fourth-order valence-corrected chi connectivity index (χ4v) is 7.64. The summed E-state index contributed by atoms with van der Waals surface area (Å²) < 4.78 is 17.6. The Hall–Kier alpha value is -3.41. The summed E-state index contributed by atoms with van der Waals surface area (Å²) in [6, 6.07) is 25.5. The molecular weight excluding hydrogens is 492 g/mol. The minimum atomic E-state index is -1.14. The molecule has 1 aliphatic rings. The van der Waals surface area contributed by atoms with Gasteiger partial charge in [-0.15, -0.1) is 0 Å². The molecule has 5 rings (SSSR count). The van der Waals surface area contributed by atoms with Crippen LogP contribution < -0.4 is 14.2 Å². The first-order valence-corrected chi connectivity index (χ1v) is 13.5. The van der Waals surface area contributed by atoms with Gasteiger partial charge in [0.05, 0.1) is 36.3 Å². The van der Waals surface area contributed by atoms with Crippen molar-refractivity contribution in [2.24, 2.45) is 0 Å². The van der Waals surface area contributed by atoms with Gasteiger partial charge in [0.15, 0.2) is 5.78 Å². The molecule has 0 saturated heterocycles. The third-order valence-corrected chi connectivity index (χ3v) is 9.10. The predicted octanol–water partition coefficient (Wildman–Crippen LogP) is 7.84. The maximum absolute atomic E-state index is 13.6. The first-order chi connectivity index (χ1) is 17.6. The molecule has 0 aliphatic carbocycles. The first-order valence-electron chi connectivity index (χ1n) is 11.8. The molecule has 0 amide bonds. The van der Waals surface area contributed by atoms with Crippen molar-refractivity contribution in [3.63, 3.8) is 0 Å². The molecule has 0 spiro atoms. The van der Waals surface area contributed by atoms with E-state index in [0.717, 1.165) is 43.7 Å². The van der Waals surface area contributed by atoms with Gasteiger partial charge in [0.25, 0.3) is 0 Å². The summed E-state index contributed by atoms with van der Waals surface area (Å²) in [6.45, 7) is 2.62. The Morgan fingerprint density at radius 2 is 1.44 bits per heavy atom. The molecule has 4 aromatic rings. The van der Waals surface area contributed by atoms with Gasteiger partial charge in [0.1, 0.15) is 17.2 Å². The zero-order chi connectivity index (χ0) is 25.2. The molecule has 4 aromatic carbocycles. The van der Waals surface area contributed by atoms with Gasteiger partial charge >= 0.3 is 0 Å². The van der Waals surface area contributed by atoms with Gasteiger partial charge in [-0.05, 0) is 59.8 Å². The second-order valence-electron chi connectivity index (χ2n) is 8.38. The predicted molar refractivity (Wildman–Crippen MR) is 146 cm³/mol. The molecule has 0 saturated carbocycles. The van der Waals surface area contributed by atoms with Crippen LogP contribution in [-0.2, 0) is 0 Å². The fraction of sp³-hybridized carbons (Fsp3) is 0.167. The Morgan fingerprint density at radius 1 is 0.778 bits per heavy atom. The molecule has 36 heavy (non-hydrogen) atoms. The molecule has 184 valence electrons. The van der Waals surface area contributed by atoms with Crippen LogP contribution in [0.1, 0.15) is 29.3 Å². The standard InChI is InChI=1S/C30H27ClO4S/c1-4-17-35-26-16-14-23(31)28-29(32)21-10-6-8-12-27(21)36(30(26)28)19-13-15-25(34-3)22(18-19)20-9-5-7-11-24(20)33-2/h5-16,18,36H,4,17H2,1-3H3. The molecule has 1 heterocycles. The zero-order valence-corrected chi connectivity index (χ0v) is 22.0. The van der Waals surface area contributed by atoms with E-state index >= 15 is 0 Å². The van der Waals surface area contributed by atoms with E-state index in [2.05, 4.69) is 19.1 Å². The van der Waals surface area contributed by atoms with Crippen LogP contribution in [-0.4, -0.2) is 26.6 Å². The molecule has 0 radical (unpaired) electrons. The number of hydrogen-bond acceptors (Lipinski definition) is 4. The highest BCUT2D eigenvalue weighted by molar-refractivity contribution is 8.17. The zero-order valence-electron chi connectivity index (χ0n) is 20.4. The van der Waals surface area contributed by atoms with Gasteiger partial charge in [-0.1, -0.05) is 48.9 Å². The number of ether oxygens (including phenoxy) is 3. The highest BCUT2D eigenvalue weighted by Crippen LogP contribution is 2.61. The Morgan fingerprint density at radius 3 is 2.19 bits per heavy atom. The van der Waals surface area contributed by atoms with Crippen molar-refractivity contribution in [2.75, 3.05) is 20.8 Å². The summed E-state index contributed by atoms with van der Waals surface area (Å²) >= 11 is 6.67. The number of halogens is 1. The van der Waals surface area contributed by atoms with E-state index < -0.39 is 10.9 Å². The molecule has 4 nitrogen and oxygen atoms in total. The van der Waals surface area contributed by atoms with Crippen LogP contribution in [0.5, 0.6) is 17.2 Å². The number of para-hydroxylation sites is 1. The van der Waals surface area contributed by atoms with Crippen LogP contribution in [0.25, 0.3) is 11.1 Å². The lowest BCUT2D eigenvalue weighted by atomic mass is 10.0. The molecule has 1 unspecified atom stereocenters. The molecule has 6 heteroatoms. The minimum absolute atomic E-state index is 0.0650. The van der Waals surface area contributed by atoms with E-state index in [1.807, 2.05) is 60.7 Å². The summed E-state index contributed by atoms with van der Waals surface area (Å²) in [5.74, 6) is 2.15. The number of methoxy groups -OCH3 is 2. The van der Waals surface area contributed by atoms with Crippen LogP contribution in [0.15, 0.2) is 93.5 Å². The van der Waals surface area contributed by atoms with Crippen molar-refractivity contribution in [1.29, 1.82) is 0 Å². The number of ketones is 1. The van der Waals surface area contributed by atoms with Crippen molar-refractivity contribution in [1.82, 2.24) is 0 Å². The summed E-state index contributed by atoms with van der Waals surface area (Å²) in [6.07, 6.45) is 0.861. The summed E-state index contributed by atoms with van der Waals surface area (Å²) in [4.78, 5) is 16.6. The maximum atomic E-state index is 13.6. The number of rotatable bonds is 7. The molecule has 1 aliphatic heterocycles. The minimum Gasteiger partial charge on any atom is -0.496 e. The quantitative estimate of drug-likeness (QED) is 0.223. The van der Waals surface area contributed by atoms with E-state index in [0.29, 0.717) is 28.5 Å². The second-order valence-corrected chi connectivity index (χ2v) is 10.9.